The number of para-hydroxylation sites is 1. The summed E-state index contributed by atoms with van der Waals surface area (Å²) in [5.74, 6) is 1.73. The fraction of sp³-hybridized carbons (Fsp3) is 0.105. The van der Waals surface area contributed by atoms with Gasteiger partial charge in [0.1, 0.15) is 10.8 Å². The van der Waals surface area contributed by atoms with Crippen LogP contribution in [0.25, 0.3) is 22.6 Å². The number of hydrogen-bond donors (Lipinski definition) is 0. The number of methoxy groups -OCH3 is 1. The van der Waals surface area contributed by atoms with E-state index in [-0.39, 0.29) is 0 Å². The Labute approximate surface area is 159 Å². The first-order valence-corrected chi connectivity index (χ1v) is 9.15. The summed E-state index contributed by atoms with van der Waals surface area (Å²) < 4.78 is 10.7. The third kappa shape index (κ3) is 3.47. The quantitative estimate of drug-likeness (QED) is 0.479. The minimum atomic E-state index is 0.487. The van der Waals surface area contributed by atoms with Crippen LogP contribution in [0.1, 0.15) is 10.9 Å². The first-order chi connectivity index (χ1) is 12.7. The predicted octanol–water partition coefficient (Wildman–Crippen LogP) is 5.11. The van der Waals surface area contributed by atoms with Crippen molar-refractivity contribution in [2.75, 3.05) is 7.11 Å². The summed E-state index contributed by atoms with van der Waals surface area (Å²) in [6, 6.07) is 15.2. The van der Waals surface area contributed by atoms with Crippen molar-refractivity contribution in [2.45, 2.75) is 6.42 Å². The summed E-state index contributed by atoms with van der Waals surface area (Å²) in [5.41, 5.74) is 2.73. The van der Waals surface area contributed by atoms with Crippen LogP contribution in [0.3, 0.4) is 0 Å². The Morgan fingerprint density at radius 3 is 2.69 bits per heavy atom. The summed E-state index contributed by atoms with van der Waals surface area (Å²) in [7, 11) is 1.62. The molecule has 2 aromatic heterocycles. The van der Waals surface area contributed by atoms with Crippen LogP contribution in [-0.4, -0.2) is 22.2 Å². The summed E-state index contributed by atoms with van der Waals surface area (Å²) in [5, 5.41) is 7.69. The molecule has 0 saturated heterocycles. The zero-order valence-corrected chi connectivity index (χ0v) is 15.4. The Balaban J connectivity index is 1.54. The molecular formula is C19H14ClN3O2S. The molecular weight excluding hydrogens is 370 g/mol. The first kappa shape index (κ1) is 16.8. The van der Waals surface area contributed by atoms with Crippen molar-refractivity contribution in [3.05, 3.63) is 69.8 Å². The van der Waals surface area contributed by atoms with Crippen molar-refractivity contribution in [1.82, 2.24) is 15.1 Å². The van der Waals surface area contributed by atoms with Crippen molar-refractivity contribution < 1.29 is 9.26 Å². The molecule has 4 rings (SSSR count). The van der Waals surface area contributed by atoms with Gasteiger partial charge in [0.25, 0.3) is 0 Å². The molecule has 5 nitrogen and oxygen atoms in total. The number of rotatable bonds is 5. The summed E-state index contributed by atoms with van der Waals surface area (Å²) in [6.45, 7) is 0. The van der Waals surface area contributed by atoms with Crippen LogP contribution in [0.5, 0.6) is 5.75 Å². The lowest BCUT2D eigenvalue weighted by atomic mass is 10.2. The fourth-order valence-electron chi connectivity index (χ4n) is 2.54. The van der Waals surface area contributed by atoms with Crippen molar-refractivity contribution in [2.24, 2.45) is 0 Å². The van der Waals surface area contributed by atoms with Crippen molar-refractivity contribution in [3.8, 4) is 28.4 Å². The number of nitrogens with zero attached hydrogens (tertiary/aromatic N) is 3. The van der Waals surface area contributed by atoms with Crippen LogP contribution in [0.2, 0.25) is 5.02 Å². The van der Waals surface area contributed by atoms with Crippen LogP contribution in [0.4, 0.5) is 0 Å². The smallest absolute Gasteiger partial charge is 0.233 e. The van der Waals surface area contributed by atoms with E-state index in [4.69, 9.17) is 20.9 Å². The second-order valence-electron chi connectivity index (χ2n) is 5.52. The molecule has 130 valence electrons. The van der Waals surface area contributed by atoms with Gasteiger partial charge >= 0.3 is 0 Å². The topological polar surface area (TPSA) is 61.0 Å². The lowest BCUT2D eigenvalue weighted by Crippen LogP contribution is -1.90. The number of halogens is 1. The Kier molecular flexibility index (Phi) is 4.69. The average molecular weight is 384 g/mol. The van der Waals surface area contributed by atoms with E-state index in [9.17, 15) is 0 Å². The van der Waals surface area contributed by atoms with Gasteiger partial charge in [0.15, 0.2) is 0 Å². The standard InChI is InChI=1S/C19H14ClN3O2S/c1-24-16-5-3-2-4-14(16)19-22-17(25-23-19)10-18-21-15(11-26-18)12-6-8-13(20)9-7-12/h2-9,11H,10H2,1H3. The summed E-state index contributed by atoms with van der Waals surface area (Å²) >= 11 is 7.49. The highest BCUT2D eigenvalue weighted by atomic mass is 35.5. The van der Waals surface area contributed by atoms with Crippen molar-refractivity contribution in [3.63, 3.8) is 0 Å². The van der Waals surface area contributed by atoms with E-state index in [0.29, 0.717) is 28.9 Å². The lowest BCUT2D eigenvalue weighted by molar-refractivity contribution is 0.384. The second kappa shape index (κ2) is 7.27. The van der Waals surface area contributed by atoms with Gasteiger partial charge in [-0.05, 0) is 24.3 Å². The van der Waals surface area contributed by atoms with Gasteiger partial charge < -0.3 is 9.26 Å². The third-order valence-electron chi connectivity index (χ3n) is 3.81. The Morgan fingerprint density at radius 2 is 1.88 bits per heavy atom. The maximum Gasteiger partial charge on any atom is 0.233 e. The highest BCUT2D eigenvalue weighted by molar-refractivity contribution is 7.10. The Morgan fingerprint density at radius 1 is 1.08 bits per heavy atom. The molecule has 0 N–H and O–H groups in total. The number of ether oxygens (including phenoxy) is 1. The zero-order chi connectivity index (χ0) is 17.9. The van der Waals surface area contributed by atoms with Gasteiger partial charge in [-0.15, -0.1) is 11.3 Å². The molecule has 0 amide bonds. The fourth-order valence-corrected chi connectivity index (χ4v) is 3.46. The average Bonchev–Trinajstić information content (AvgIpc) is 3.32. The van der Waals surface area contributed by atoms with Gasteiger partial charge in [-0.1, -0.05) is 41.0 Å². The molecule has 0 fully saturated rings. The molecule has 0 spiro atoms. The van der Waals surface area contributed by atoms with E-state index in [1.54, 1.807) is 18.4 Å². The molecule has 4 aromatic rings. The third-order valence-corrected chi connectivity index (χ3v) is 4.91. The van der Waals surface area contributed by atoms with Crippen LogP contribution in [0, 0.1) is 0 Å². The van der Waals surface area contributed by atoms with E-state index >= 15 is 0 Å². The SMILES string of the molecule is COc1ccccc1-c1noc(Cc2nc(-c3ccc(Cl)cc3)cs2)n1. The van der Waals surface area contributed by atoms with Gasteiger partial charge in [-0.25, -0.2) is 4.98 Å². The van der Waals surface area contributed by atoms with Crippen LogP contribution in [0.15, 0.2) is 58.4 Å². The van der Waals surface area contributed by atoms with Gasteiger partial charge in [0.05, 0.1) is 24.8 Å². The molecule has 26 heavy (non-hydrogen) atoms. The molecule has 0 saturated carbocycles. The molecule has 0 unspecified atom stereocenters. The highest BCUT2D eigenvalue weighted by Gasteiger charge is 2.14. The zero-order valence-electron chi connectivity index (χ0n) is 13.8. The maximum absolute atomic E-state index is 5.93. The van der Waals surface area contributed by atoms with Gasteiger partial charge in [-0.3, -0.25) is 0 Å². The van der Waals surface area contributed by atoms with E-state index in [0.717, 1.165) is 21.8 Å². The molecule has 0 radical (unpaired) electrons. The summed E-state index contributed by atoms with van der Waals surface area (Å²) in [6.07, 6.45) is 0.487. The van der Waals surface area contributed by atoms with Crippen LogP contribution >= 0.6 is 22.9 Å². The van der Waals surface area contributed by atoms with Gasteiger partial charge in [-0.2, -0.15) is 4.98 Å². The summed E-state index contributed by atoms with van der Waals surface area (Å²) in [4.78, 5) is 9.11. The molecule has 2 heterocycles. The molecule has 0 aliphatic carbocycles. The highest BCUT2D eigenvalue weighted by Crippen LogP contribution is 2.28. The van der Waals surface area contributed by atoms with Crippen LogP contribution in [-0.2, 0) is 6.42 Å². The minimum absolute atomic E-state index is 0.487. The Hall–Kier alpha value is -2.70. The lowest BCUT2D eigenvalue weighted by Gasteiger charge is -2.02. The first-order valence-electron chi connectivity index (χ1n) is 7.89. The number of benzene rings is 2. The normalized spacial score (nSPS) is 10.8. The number of hydrogen-bond acceptors (Lipinski definition) is 6. The molecule has 7 heteroatoms. The van der Waals surface area contributed by atoms with E-state index in [1.165, 1.54) is 0 Å². The van der Waals surface area contributed by atoms with Crippen molar-refractivity contribution in [1.29, 1.82) is 0 Å². The number of thiazole rings is 1. The molecule has 0 atom stereocenters. The van der Waals surface area contributed by atoms with E-state index in [2.05, 4.69) is 15.1 Å². The van der Waals surface area contributed by atoms with E-state index in [1.807, 2.05) is 53.9 Å². The molecule has 2 aromatic carbocycles. The van der Waals surface area contributed by atoms with Gasteiger partial charge in [0, 0.05) is 16.0 Å². The van der Waals surface area contributed by atoms with Gasteiger partial charge in [0.2, 0.25) is 11.7 Å². The van der Waals surface area contributed by atoms with Crippen LogP contribution < -0.4 is 4.74 Å². The minimum Gasteiger partial charge on any atom is -0.496 e. The molecule has 0 aliphatic heterocycles. The number of aromatic nitrogens is 3. The maximum atomic E-state index is 5.93. The molecule has 0 aliphatic rings. The predicted molar refractivity (Wildman–Crippen MR) is 102 cm³/mol. The Bertz CT molecular complexity index is 1030. The largest absolute Gasteiger partial charge is 0.496 e. The monoisotopic (exact) mass is 383 g/mol. The van der Waals surface area contributed by atoms with E-state index < -0.39 is 0 Å². The van der Waals surface area contributed by atoms with Crippen molar-refractivity contribution >= 4 is 22.9 Å². The second-order valence-corrected chi connectivity index (χ2v) is 6.90. The molecule has 0 bridgehead atoms.